The van der Waals surface area contributed by atoms with Crippen molar-refractivity contribution >= 4 is 5.78 Å². The van der Waals surface area contributed by atoms with E-state index in [0.717, 1.165) is 26.4 Å². The number of carbonyl (C=O) groups is 1. The topological polar surface area (TPSA) is 37.3 Å². The van der Waals surface area contributed by atoms with Gasteiger partial charge in [-0.3, -0.25) is 0 Å². The third-order valence-corrected chi connectivity index (χ3v) is 0.882. The number of hydrogen-bond acceptors (Lipinski definition) is 2. The molecule has 0 spiro atoms. The molecule has 2 heteroatoms. The summed E-state index contributed by atoms with van der Waals surface area (Å²) in [7, 11) is 1.00. The monoisotopic (exact) mass is 132 g/mol. The summed E-state index contributed by atoms with van der Waals surface area (Å²) in [6.07, 6.45) is 2.94. The Morgan fingerprint density at radius 3 is 2.00 bits per heavy atom. The van der Waals surface area contributed by atoms with E-state index in [-0.39, 0.29) is 0 Å². The van der Waals surface area contributed by atoms with Gasteiger partial charge in [0.2, 0.25) is 0 Å². The van der Waals surface area contributed by atoms with Gasteiger partial charge in [-0.2, -0.15) is 0 Å². The van der Waals surface area contributed by atoms with Gasteiger partial charge in [-0.25, -0.2) is 0 Å². The van der Waals surface area contributed by atoms with Crippen molar-refractivity contribution in [1.29, 1.82) is 0 Å². The number of carbonyl (C=O) groups excluding carboxylic acids is 1. The van der Waals surface area contributed by atoms with E-state index in [4.69, 9.17) is 5.11 Å². The highest BCUT2D eigenvalue weighted by Crippen LogP contribution is 1.92. The molecule has 0 unspecified atom stereocenters. The fourth-order valence-corrected chi connectivity index (χ4v) is 0.426. The van der Waals surface area contributed by atoms with Gasteiger partial charge in [0.05, 0.1) is 0 Å². The highest BCUT2D eigenvalue weighted by atomic mass is 16.2. The van der Waals surface area contributed by atoms with Gasteiger partial charge in [0.1, 0.15) is 5.78 Å². The molecule has 1 N–H and O–H groups in total. The molecule has 0 aromatic heterocycles. The molecule has 56 valence electrons. The molecule has 0 saturated heterocycles. The first-order chi connectivity index (χ1) is 4.27. The zero-order chi connectivity index (χ0) is 7.70. The largest absolute Gasteiger partial charge is 0.400 e. The van der Waals surface area contributed by atoms with Crippen molar-refractivity contribution in [2.24, 2.45) is 0 Å². The van der Waals surface area contributed by atoms with Crippen LogP contribution in [-0.4, -0.2) is 18.0 Å². The summed E-state index contributed by atoms with van der Waals surface area (Å²) in [6.45, 7) is 3.72. The minimum atomic E-state index is 0.307. The molecule has 0 aromatic carbocycles. The molecule has 0 aliphatic carbocycles. The Kier molecular flexibility index (Phi) is 13.4. The van der Waals surface area contributed by atoms with Crippen LogP contribution < -0.4 is 0 Å². The highest BCUT2D eigenvalue weighted by Gasteiger charge is 1.87. The molecular weight excluding hydrogens is 116 g/mol. The number of unbranched alkanes of at least 4 members (excludes halogenated alkanes) is 1. The first-order valence-electron chi connectivity index (χ1n) is 3.21. The lowest BCUT2D eigenvalue weighted by atomic mass is 10.2. The molecular formula is C7H16O2. The summed E-state index contributed by atoms with van der Waals surface area (Å²) in [4.78, 5) is 10.2. The van der Waals surface area contributed by atoms with E-state index in [9.17, 15) is 4.79 Å². The molecule has 0 rings (SSSR count). The maximum absolute atomic E-state index is 10.2. The number of rotatable bonds is 3. The number of aliphatic hydroxyl groups is 1. The molecule has 0 saturated carbocycles. The molecule has 0 bridgehead atoms. The Labute approximate surface area is 56.9 Å². The molecule has 0 aliphatic rings. The van der Waals surface area contributed by atoms with Gasteiger partial charge in [0.25, 0.3) is 0 Å². The average molecular weight is 132 g/mol. The van der Waals surface area contributed by atoms with Crippen LogP contribution in [0.1, 0.15) is 33.1 Å². The van der Waals surface area contributed by atoms with Crippen LogP contribution >= 0.6 is 0 Å². The van der Waals surface area contributed by atoms with Crippen LogP contribution in [0.15, 0.2) is 0 Å². The average Bonchev–Trinajstić information content (AvgIpc) is 1.88. The van der Waals surface area contributed by atoms with Crippen LogP contribution in [0.3, 0.4) is 0 Å². The first kappa shape index (κ1) is 11.4. The van der Waals surface area contributed by atoms with E-state index >= 15 is 0 Å². The molecule has 0 atom stereocenters. The molecule has 0 fully saturated rings. The molecule has 9 heavy (non-hydrogen) atoms. The van der Waals surface area contributed by atoms with Crippen molar-refractivity contribution in [1.82, 2.24) is 0 Å². The zero-order valence-corrected chi connectivity index (χ0v) is 6.48. The van der Waals surface area contributed by atoms with Crippen LogP contribution in [0, 0.1) is 0 Å². The smallest absolute Gasteiger partial charge is 0.129 e. The van der Waals surface area contributed by atoms with Crippen LogP contribution in [0.25, 0.3) is 0 Å². The van der Waals surface area contributed by atoms with Gasteiger partial charge >= 0.3 is 0 Å². The molecule has 0 aliphatic heterocycles. The third-order valence-electron chi connectivity index (χ3n) is 0.882. The molecule has 0 aromatic rings. The Bertz CT molecular complexity index is 59.9. The van der Waals surface area contributed by atoms with Crippen molar-refractivity contribution in [2.45, 2.75) is 33.1 Å². The fourth-order valence-electron chi connectivity index (χ4n) is 0.426. The van der Waals surface area contributed by atoms with Crippen LogP contribution in [0.5, 0.6) is 0 Å². The summed E-state index contributed by atoms with van der Waals surface area (Å²) < 4.78 is 0. The second-order valence-corrected chi connectivity index (χ2v) is 1.81. The molecule has 0 radical (unpaired) electrons. The van der Waals surface area contributed by atoms with Gasteiger partial charge < -0.3 is 9.90 Å². The van der Waals surface area contributed by atoms with E-state index in [1.807, 2.05) is 0 Å². The van der Waals surface area contributed by atoms with E-state index < -0.39 is 0 Å². The molecule has 2 nitrogen and oxygen atoms in total. The fraction of sp³-hybridized carbons (Fsp3) is 0.857. The second-order valence-electron chi connectivity index (χ2n) is 1.81. The summed E-state index contributed by atoms with van der Waals surface area (Å²) in [6, 6.07) is 0. The third kappa shape index (κ3) is 18.4. The van der Waals surface area contributed by atoms with E-state index in [0.29, 0.717) is 5.78 Å². The predicted octanol–water partition coefficient (Wildman–Crippen LogP) is 1.37. The van der Waals surface area contributed by atoms with Gasteiger partial charge in [0.15, 0.2) is 0 Å². The van der Waals surface area contributed by atoms with Crippen molar-refractivity contribution in [3.05, 3.63) is 0 Å². The van der Waals surface area contributed by atoms with E-state index in [1.165, 1.54) is 0 Å². The molecule has 0 heterocycles. The summed E-state index contributed by atoms with van der Waals surface area (Å²) in [5.41, 5.74) is 0. The summed E-state index contributed by atoms with van der Waals surface area (Å²) >= 11 is 0. The van der Waals surface area contributed by atoms with E-state index in [2.05, 4.69) is 6.92 Å². The van der Waals surface area contributed by atoms with Crippen LogP contribution in [0.2, 0.25) is 0 Å². The van der Waals surface area contributed by atoms with Crippen molar-refractivity contribution in [3.8, 4) is 0 Å². The first-order valence-corrected chi connectivity index (χ1v) is 3.21. The zero-order valence-electron chi connectivity index (χ0n) is 6.48. The van der Waals surface area contributed by atoms with Gasteiger partial charge in [-0.1, -0.05) is 13.3 Å². The number of hydrogen-bond donors (Lipinski definition) is 1. The minimum Gasteiger partial charge on any atom is -0.400 e. The maximum atomic E-state index is 10.2. The Hall–Kier alpha value is -0.370. The molecule has 0 amide bonds. The number of Topliss-reactive ketones (excluding diaryl/α,β-unsaturated/α-hetero) is 1. The van der Waals surface area contributed by atoms with Gasteiger partial charge in [0, 0.05) is 13.5 Å². The lowest BCUT2D eigenvalue weighted by Gasteiger charge is -1.86. The predicted molar refractivity (Wildman–Crippen MR) is 38.3 cm³/mol. The van der Waals surface area contributed by atoms with Crippen molar-refractivity contribution < 1.29 is 9.90 Å². The number of aliphatic hydroxyl groups excluding tert-OH is 1. The van der Waals surface area contributed by atoms with Crippen molar-refractivity contribution in [2.75, 3.05) is 7.11 Å². The van der Waals surface area contributed by atoms with Gasteiger partial charge in [-0.05, 0) is 13.3 Å². The quantitative estimate of drug-likeness (QED) is 0.629. The van der Waals surface area contributed by atoms with Gasteiger partial charge in [-0.15, -0.1) is 0 Å². The highest BCUT2D eigenvalue weighted by molar-refractivity contribution is 5.75. The summed E-state index contributed by atoms with van der Waals surface area (Å²) in [5, 5.41) is 7.00. The maximum Gasteiger partial charge on any atom is 0.129 e. The lowest BCUT2D eigenvalue weighted by molar-refractivity contribution is -0.117. The van der Waals surface area contributed by atoms with Crippen LogP contribution in [0.4, 0.5) is 0 Å². The lowest BCUT2D eigenvalue weighted by Crippen LogP contribution is -1.86. The van der Waals surface area contributed by atoms with Crippen molar-refractivity contribution in [3.63, 3.8) is 0 Å². The minimum absolute atomic E-state index is 0.307. The van der Waals surface area contributed by atoms with Crippen LogP contribution in [-0.2, 0) is 4.79 Å². The number of ketones is 1. The summed E-state index contributed by atoms with van der Waals surface area (Å²) in [5.74, 6) is 0.307. The SMILES string of the molecule is CCCCC(C)=O.CO. The second kappa shape index (κ2) is 10.6. The Morgan fingerprint density at radius 2 is 1.89 bits per heavy atom. The van der Waals surface area contributed by atoms with E-state index in [1.54, 1.807) is 6.92 Å². The Morgan fingerprint density at radius 1 is 1.44 bits per heavy atom. The standard InChI is InChI=1S/C6H12O.CH4O/c1-3-4-5-6(2)7;1-2/h3-5H2,1-2H3;2H,1H3. The normalized spacial score (nSPS) is 7.56. The Balaban J connectivity index is 0.